The topological polar surface area (TPSA) is 97.1 Å². The maximum absolute atomic E-state index is 11.8. The molecule has 0 saturated heterocycles. The molecule has 8 heteroatoms. The quantitative estimate of drug-likeness (QED) is 0.855. The van der Waals surface area contributed by atoms with E-state index in [1.54, 1.807) is 24.3 Å². The second-order valence-electron chi connectivity index (χ2n) is 3.99. The Labute approximate surface area is 119 Å². The zero-order valence-electron chi connectivity index (χ0n) is 10.3. The fraction of sp³-hybridized carbons (Fsp3) is 0.167. The Morgan fingerprint density at radius 2 is 2.00 bits per heavy atom. The van der Waals surface area contributed by atoms with Gasteiger partial charge in [0.25, 0.3) is 5.91 Å². The molecule has 0 spiro atoms. The van der Waals surface area contributed by atoms with Crippen molar-refractivity contribution in [2.45, 2.75) is 13.1 Å². The predicted molar refractivity (Wildman–Crippen MR) is 70.3 cm³/mol. The second-order valence-corrected chi connectivity index (χ2v) is 4.43. The van der Waals surface area contributed by atoms with Crippen LogP contribution in [0.4, 0.5) is 0 Å². The fourth-order valence-electron chi connectivity index (χ4n) is 1.51. The minimum absolute atomic E-state index is 0.168. The van der Waals surface area contributed by atoms with Crippen LogP contribution in [-0.4, -0.2) is 32.0 Å². The van der Waals surface area contributed by atoms with Gasteiger partial charge in [-0.2, -0.15) is 0 Å². The summed E-state index contributed by atoms with van der Waals surface area (Å²) >= 11 is 5.73. The van der Waals surface area contributed by atoms with E-state index in [-0.39, 0.29) is 19.0 Å². The number of hydrogen-bond acceptors (Lipinski definition) is 4. The third-order valence-electron chi connectivity index (χ3n) is 2.42. The molecule has 0 radical (unpaired) electrons. The molecular formula is C12H11ClN4O3. The number of amides is 1. The Kier molecular flexibility index (Phi) is 4.31. The average Bonchev–Trinajstić information content (AvgIpc) is 2.83. The summed E-state index contributed by atoms with van der Waals surface area (Å²) in [6, 6.07) is 6.47. The molecule has 2 aromatic rings. The smallest absolute Gasteiger partial charge is 0.325 e. The largest absolute Gasteiger partial charge is 0.480 e. The molecule has 7 nitrogen and oxygen atoms in total. The van der Waals surface area contributed by atoms with Crippen molar-refractivity contribution in [1.82, 2.24) is 20.3 Å². The lowest BCUT2D eigenvalue weighted by Gasteiger charge is -2.02. The molecular weight excluding hydrogens is 284 g/mol. The third-order valence-corrected chi connectivity index (χ3v) is 2.67. The van der Waals surface area contributed by atoms with Crippen LogP contribution in [0.25, 0.3) is 0 Å². The van der Waals surface area contributed by atoms with Gasteiger partial charge >= 0.3 is 5.97 Å². The van der Waals surface area contributed by atoms with Crippen LogP contribution in [0.2, 0.25) is 5.02 Å². The molecule has 0 aliphatic carbocycles. The Hall–Kier alpha value is -2.41. The SMILES string of the molecule is O=C(O)Cn1cc(CNC(=O)c2ccc(Cl)cc2)nn1. The summed E-state index contributed by atoms with van der Waals surface area (Å²) in [6.45, 7) is -0.0980. The summed E-state index contributed by atoms with van der Waals surface area (Å²) in [6.07, 6.45) is 1.47. The first-order valence-electron chi connectivity index (χ1n) is 5.69. The van der Waals surface area contributed by atoms with Crippen molar-refractivity contribution in [2.75, 3.05) is 0 Å². The normalized spacial score (nSPS) is 10.2. The standard InChI is InChI=1S/C12H11ClN4O3/c13-9-3-1-8(2-4-9)12(20)14-5-10-6-17(16-15-10)7-11(18)19/h1-4,6H,5,7H2,(H,14,20)(H,18,19). The van der Waals surface area contributed by atoms with E-state index >= 15 is 0 Å². The molecule has 1 amide bonds. The van der Waals surface area contributed by atoms with Gasteiger partial charge in [0.2, 0.25) is 0 Å². The monoisotopic (exact) mass is 294 g/mol. The molecule has 20 heavy (non-hydrogen) atoms. The summed E-state index contributed by atoms with van der Waals surface area (Å²) < 4.78 is 1.19. The van der Waals surface area contributed by atoms with Crippen LogP contribution in [0.15, 0.2) is 30.5 Å². The average molecular weight is 295 g/mol. The zero-order chi connectivity index (χ0) is 14.5. The molecule has 2 N–H and O–H groups in total. The highest BCUT2D eigenvalue weighted by atomic mass is 35.5. The number of hydrogen-bond donors (Lipinski definition) is 2. The first kappa shape index (κ1) is 14.0. The Bertz CT molecular complexity index is 624. The van der Waals surface area contributed by atoms with Crippen LogP contribution in [0, 0.1) is 0 Å². The number of nitrogens with zero attached hydrogens (tertiary/aromatic N) is 3. The van der Waals surface area contributed by atoms with Gasteiger partial charge in [0.05, 0.1) is 12.7 Å². The van der Waals surface area contributed by atoms with Crippen LogP contribution in [0.1, 0.15) is 16.1 Å². The highest BCUT2D eigenvalue weighted by molar-refractivity contribution is 6.30. The van der Waals surface area contributed by atoms with Gasteiger partial charge in [-0.05, 0) is 24.3 Å². The van der Waals surface area contributed by atoms with E-state index in [2.05, 4.69) is 15.6 Å². The second kappa shape index (κ2) is 6.16. The van der Waals surface area contributed by atoms with Crippen molar-refractivity contribution in [3.05, 3.63) is 46.7 Å². The van der Waals surface area contributed by atoms with Crippen molar-refractivity contribution < 1.29 is 14.7 Å². The maximum atomic E-state index is 11.8. The molecule has 0 aliphatic rings. The number of aliphatic carboxylic acids is 1. The van der Waals surface area contributed by atoms with Gasteiger partial charge in [-0.3, -0.25) is 9.59 Å². The van der Waals surface area contributed by atoms with E-state index < -0.39 is 5.97 Å². The fourth-order valence-corrected chi connectivity index (χ4v) is 1.64. The van der Waals surface area contributed by atoms with Gasteiger partial charge in [-0.1, -0.05) is 16.8 Å². The van der Waals surface area contributed by atoms with E-state index in [0.29, 0.717) is 16.3 Å². The number of carboxylic acid groups (broad SMARTS) is 1. The Morgan fingerprint density at radius 1 is 1.30 bits per heavy atom. The molecule has 104 valence electrons. The van der Waals surface area contributed by atoms with E-state index in [4.69, 9.17) is 16.7 Å². The lowest BCUT2D eigenvalue weighted by atomic mass is 10.2. The van der Waals surface area contributed by atoms with Gasteiger partial charge in [0, 0.05) is 10.6 Å². The number of carboxylic acids is 1. The molecule has 1 aromatic heterocycles. The van der Waals surface area contributed by atoms with E-state index in [9.17, 15) is 9.59 Å². The number of carbonyl (C=O) groups is 2. The van der Waals surface area contributed by atoms with Gasteiger partial charge in [0.1, 0.15) is 12.2 Å². The maximum Gasteiger partial charge on any atom is 0.325 e. The first-order valence-corrected chi connectivity index (χ1v) is 6.07. The molecule has 2 rings (SSSR count). The highest BCUT2D eigenvalue weighted by Crippen LogP contribution is 2.09. The summed E-state index contributed by atoms with van der Waals surface area (Å²) in [4.78, 5) is 22.3. The molecule has 0 fully saturated rings. The van der Waals surface area contributed by atoms with E-state index in [0.717, 1.165) is 0 Å². The van der Waals surface area contributed by atoms with Gasteiger partial charge in [0.15, 0.2) is 0 Å². The first-order chi connectivity index (χ1) is 9.54. The number of rotatable bonds is 5. The molecule has 0 bridgehead atoms. The van der Waals surface area contributed by atoms with Crippen LogP contribution in [0.5, 0.6) is 0 Å². The Balaban J connectivity index is 1.91. The predicted octanol–water partition coefficient (Wildman–Crippen LogP) is 0.946. The van der Waals surface area contributed by atoms with Gasteiger partial charge < -0.3 is 10.4 Å². The lowest BCUT2D eigenvalue weighted by Crippen LogP contribution is -2.22. The van der Waals surface area contributed by atoms with Gasteiger partial charge in [-0.15, -0.1) is 5.10 Å². The number of aromatic nitrogens is 3. The lowest BCUT2D eigenvalue weighted by molar-refractivity contribution is -0.137. The van der Waals surface area contributed by atoms with Crippen LogP contribution in [-0.2, 0) is 17.9 Å². The van der Waals surface area contributed by atoms with Crippen LogP contribution >= 0.6 is 11.6 Å². The van der Waals surface area contributed by atoms with Crippen molar-refractivity contribution in [3.63, 3.8) is 0 Å². The van der Waals surface area contributed by atoms with Crippen molar-refractivity contribution in [3.8, 4) is 0 Å². The summed E-state index contributed by atoms with van der Waals surface area (Å²) in [5.41, 5.74) is 0.959. The van der Waals surface area contributed by atoms with E-state index in [1.165, 1.54) is 10.9 Å². The molecule has 1 heterocycles. The third kappa shape index (κ3) is 3.79. The number of nitrogens with one attached hydrogen (secondary N) is 1. The Morgan fingerprint density at radius 3 is 2.65 bits per heavy atom. The van der Waals surface area contributed by atoms with Crippen LogP contribution < -0.4 is 5.32 Å². The molecule has 0 atom stereocenters. The molecule has 0 unspecified atom stereocenters. The van der Waals surface area contributed by atoms with Gasteiger partial charge in [-0.25, -0.2) is 4.68 Å². The summed E-state index contributed by atoms with van der Waals surface area (Å²) in [5, 5.41) is 19.2. The van der Waals surface area contributed by atoms with Crippen molar-refractivity contribution in [2.24, 2.45) is 0 Å². The number of halogens is 1. The summed E-state index contributed by atoms with van der Waals surface area (Å²) in [5.74, 6) is -1.28. The summed E-state index contributed by atoms with van der Waals surface area (Å²) in [7, 11) is 0. The minimum Gasteiger partial charge on any atom is -0.480 e. The van der Waals surface area contributed by atoms with Crippen molar-refractivity contribution in [1.29, 1.82) is 0 Å². The molecule has 0 aliphatic heterocycles. The highest BCUT2D eigenvalue weighted by Gasteiger charge is 2.08. The van der Waals surface area contributed by atoms with E-state index in [1.807, 2.05) is 0 Å². The zero-order valence-corrected chi connectivity index (χ0v) is 11.0. The minimum atomic E-state index is -1.01. The molecule has 1 aromatic carbocycles. The number of carbonyl (C=O) groups excluding carboxylic acids is 1. The van der Waals surface area contributed by atoms with Crippen LogP contribution in [0.3, 0.4) is 0 Å². The number of benzene rings is 1. The van der Waals surface area contributed by atoms with Crippen molar-refractivity contribution >= 4 is 23.5 Å². The molecule has 0 saturated carbocycles.